The number of azo groups is 1. The molecule has 0 fully saturated rings. The van der Waals surface area contributed by atoms with E-state index in [0.29, 0.717) is 16.8 Å². The van der Waals surface area contributed by atoms with Crippen molar-refractivity contribution in [1.82, 2.24) is 0 Å². The Bertz CT molecular complexity index is 1200. The van der Waals surface area contributed by atoms with Gasteiger partial charge in [0.1, 0.15) is 0 Å². The molecular formula is C22H21F3N2O4S. The summed E-state index contributed by atoms with van der Waals surface area (Å²) >= 11 is 0. The van der Waals surface area contributed by atoms with Gasteiger partial charge in [-0.3, -0.25) is 0 Å². The quantitative estimate of drug-likeness (QED) is 0.386. The molecular weight excluding hydrogens is 445 g/mol. The van der Waals surface area contributed by atoms with Gasteiger partial charge in [-0.1, -0.05) is 26.0 Å². The summed E-state index contributed by atoms with van der Waals surface area (Å²) in [6, 6.07) is 10.5. The normalized spacial score (nSPS) is 15.9. The van der Waals surface area contributed by atoms with Gasteiger partial charge < -0.3 is 4.74 Å². The molecule has 6 nitrogen and oxygen atoms in total. The number of carbonyl (C=O) groups excluding carboxylic acids is 1. The number of hydrogen-bond acceptors (Lipinski definition) is 6. The van der Waals surface area contributed by atoms with Gasteiger partial charge in [0.15, 0.2) is 0 Å². The fourth-order valence-electron chi connectivity index (χ4n) is 3.33. The Labute approximate surface area is 183 Å². The van der Waals surface area contributed by atoms with E-state index in [2.05, 4.69) is 10.2 Å². The minimum absolute atomic E-state index is 0.0346. The maximum Gasteiger partial charge on any atom is 0.501 e. The van der Waals surface area contributed by atoms with E-state index < -0.39 is 31.6 Å². The van der Waals surface area contributed by atoms with E-state index in [4.69, 9.17) is 4.74 Å². The number of carbonyl (C=O) groups is 1. The molecule has 0 aromatic heterocycles. The van der Waals surface area contributed by atoms with Crippen molar-refractivity contribution in [3.05, 3.63) is 65.2 Å². The Kier molecular flexibility index (Phi) is 6.28. The number of rotatable bonds is 5. The van der Waals surface area contributed by atoms with Gasteiger partial charge in [-0.15, -0.1) is 0 Å². The average Bonchev–Trinajstić information content (AvgIpc) is 2.71. The van der Waals surface area contributed by atoms with Crippen LogP contribution in [-0.2, 0) is 20.0 Å². The molecule has 0 bridgehead atoms. The number of fused-ring (bicyclic) bond motifs is 1. The summed E-state index contributed by atoms with van der Waals surface area (Å²) in [5, 5.41) is 8.05. The molecule has 0 atom stereocenters. The van der Waals surface area contributed by atoms with Gasteiger partial charge in [0.2, 0.25) is 0 Å². The molecule has 0 unspecified atom stereocenters. The first-order valence-corrected chi connectivity index (χ1v) is 11.2. The molecule has 0 N–H and O–H groups in total. The third-order valence-corrected chi connectivity index (χ3v) is 6.62. The van der Waals surface area contributed by atoms with Crippen LogP contribution < -0.4 is 0 Å². The summed E-state index contributed by atoms with van der Waals surface area (Å²) in [4.78, 5) is 10.9. The lowest BCUT2D eigenvalue weighted by molar-refractivity contribution is -0.0420. The van der Waals surface area contributed by atoms with Crippen LogP contribution in [0.1, 0.15) is 48.7 Å². The second-order valence-electron chi connectivity index (χ2n) is 7.80. The van der Waals surface area contributed by atoms with Crippen molar-refractivity contribution < 1.29 is 31.1 Å². The number of halogens is 3. The van der Waals surface area contributed by atoms with E-state index >= 15 is 0 Å². The molecule has 3 rings (SSSR count). The number of nitrogens with zero attached hydrogens (tertiary/aromatic N) is 2. The predicted molar refractivity (Wildman–Crippen MR) is 114 cm³/mol. The summed E-state index contributed by atoms with van der Waals surface area (Å²) in [5.41, 5.74) is -4.56. The maximum absolute atomic E-state index is 13.2. The lowest BCUT2D eigenvalue weighted by Gasteiger charge is -2.32. The molecule has 2 aromatic rings. The second-order valence-corrected chi connectivity index (χ2v) is 9.71. The number of sulfone groups is 1. The smallest absolute Gasteiger partial charge is 0.462 e. The molecule has 2 aromatic carbocycles. The van der Waals surface area contributed by atoms with Crippen LogP contribution in [0.15, 0.2) is 58.8 Å². The highest BCUT2D eigenvalue weighted by Gasteiger charge is 2.50. The number of hydrogen-bond donors (Lipinski definition) is 0. The molecule has 0 saturated carbocycles. The SMILES string of the molecule is CCOC(=O)c1ccc(N=Nc2ccc3c(c2)C(S(=O)(=O)C(F)(F)F)=CCC3(C)C)cc1. The van der Waals surface area contributed by atoms with Crippen molar-refractivity contribution >= 4 is 32.1 Å². The molecule has 0 aliphatic heterocycles. The van der Waals surface area contributed by atoms with E-state index in [0.717, 1.165) is 6.08 Å². The number of benzene rings is 2. The Morgan fingerprint density at radius 3 is 2.25 bits per heavy atom. The Hall–Kier alpha value is -3.01. The summed E-state index contributed by atoms with van der Waals surface area (Å²) in [6.45, 7) is 5.59. The predicted octanol–water partition coefficient (Wildman–Crippen LogP) is 6.24. The molecule has 0 amide bonds. The zero-order chi connectivity index (χ0) is 23.7. The van der Waals surface area contributed by atoms with Crippen LogP contribution in [0.25, 0.3) is 4.91 Å². The molecule has 0 radical (unpaired) electrons. The number of esters is 1. The monoisotopic (exact) mass is 466 g/mol. The van der Waals surface area contributed by atoms with Crippen molar-refractivity contribution in [2.75, 3.05) is 6.61 Å². The van der Waals surface area contributed by atoms with Crippen LogP contribution in [0.4, 0.5) is 24.5 Å². The van der Waals surface area contributed by atoms with Gasteiger partial charge in [-0.2, -0.15) is 23.4 Å². The number of allylic oxidation sites excluding steroid dienone is 1. The molecule has 170 valence electrons. The Morgan fingerprint density at radius 1 is 1.06 bits per heavy atom. The van der Waals surface area contributed by atoms with Crippen molar-refractivity contribution in [2.24, 2.45) is 10.2 Å². The molecule has 0 spiro atoms. The fourth-order valence-corrected chi connectivity index (χ4v) is 4.34. The van der Waals surface area contributed by atoms with Gasteiger partial charge in [0, 0.05) is 0 Å². The van der Waals surface area contributed by atoms with E-state index in [1.807, 2.05) is 13.8 Å². The van der Waals surface area contributed by atoms with Gasteiger partial charge in [0.05, 0.1) is 28.5 Å². The van der Waals surface area contributed by atoms with E-state index in [1.165, 1.54) is 30.3 Å². The number of alkyl halides is 3. The van der Waals surface area contributed by atoms with E-state index in [1.54, 1.807) is 19.1 Å². The van der Waals surface area contributed by atoms with Crippen molar-refractivity contribution in [2.45, 2.75) is 38.1 Å². The van der Waals surface area contributed by atoms with Crippen molar-refractivity contribution in [3.8, 4) is 0 Å². The van der Waals surface area contributed by atoms with Gasteiger partial charge in [-0.05, 0) is 66.3 Å². The Morgan fingerprint density at radius 2 is 1.66 bits per heavy atom. The molecule has 1 aliphatic rings. The molecule has 1 aliphatic carbocycles. The van der Waals surface area contributed by atoms with E-state index in [9.17, 15) is 26.4 Å². The van der Waals surface area contributed by atoms with Gasteiger partial charge in [0.25, 0.3) is 9.84 Å². The Balaban J connectivity index is 1.96. The highest BCUT2D eigenvalue weighted by molar-refractivity contribution is 8.01. The van der Waals surface area contributed by atoms with Gasteiger partial charge in [-0.25, -0.2) is 13.2 Å². The van der Waals surface area contributed by atoms with Crippen molar-refractivity contribution in [3.63, 3.8) is 0 Å². The molecule has 0 saturated heterocycles. The van der Waals surface area contributed by atoms with Crippen LogP contribution in [-0.4, -0.2) is 26.5 Å². The van der Waals surface area contributed by atoms with Crippen LogP contribution in [0.2, 0.25) is 0 Å². The second kappa shape index (κ2) is 8.50. The first-order valence-electron chi connectivity index (χ1n) is 9.72. The zero-order valence-electron chi connectivity index (χ0n) is 17.6. The summed E-state index contributed by atoms with van der Waals surface area (Å²) < 4.78 is 68.8. The van der Waals surface area contributed by atoms with Crippen LogP contribution in [0.5, 0.6) is 0 Å². The summed E-state index contributed by atoms with van der Waals surface area (Å²) in [6.07, 6.45) is 1.26. The lowest BCUT2D eigenvalue weighted by atomic mass is 9.76. The molecule has 32 heavy (non-hydrogen) atoms. The highest BCUT2D eigenvalue weighted by Crippen LogP contribution is 2.45. The largest absolute Gasteiger partial charge is 0.501 e. The zero-order valence-corrected chi connectivity index (χ0v) is 18.4. The third kappa shape index (κ3) is 4.59. The summed E-state index contributed by atoms with van der Waals surface area (Å²) in [7, 11) is -5.52. The average molecular weight is 466 g/mol. The maximum atomic E-state index is 13.2. The first-order chi connectivity index (χ1) is 14.9. The van der Waals surface area contributed by atoms with Crippen LogP contribution in [0.3, 0.4) is 0 Å². The molecule has 10 heteroatoms. The minimum atomic E-state index is -5.52. The molecule has 0 heterocycles. The van der Waals surface area contributed by atoms with Gasteiger partial charge >= 0.3 is 11.5 Å². The standard InChI is InChI=1S/C22H21F3N2O4S/c1-4-31-20(28)14-5-7-15(8-6-14)26-27-16-9-10-18-17(13-16)19(11-12-21(18,2)3)32(29,30)22(23,24)25/h5-11,13H,4,12H2,1-3H3. The minimum Gasteiger partial charge on any atom is -0.462 e. The first kappa shape index (κ1) is 23.6. The van der Waals surface area contributed by atoms with E-state index in [-0.39, 0.29) is 24.3 Å². The van der Waals surface area contributed by atoms with Crippen LogP contribution in [0, 0.1) is 0 Å². The lowest BCUT2D eigenvalue weighted by Crippen LogP contribution is -2.29. The number of ether oxygens (including phenoxy) is 1. The summed E-state index contributed by atoms with van der Waals surface area (Å²) in [5.74, 6) is -0.474. The van der Waals surface area contributed by atoms with Crippen LogP contribution >= 0.6 is 0 Å². The fraction of sp³-hybridized carbons (Fsp3) is 0.318. The topological polar surface area (TPSA) is 85.2 Å². The van der Waals surface area contributed by atoms with Crippen molar-refractivity contribution in [1.29, 1.82) is 0 Å². The third-order valence-electron chi connectivity index (χ3n) is 5.05. The highest BCUT2D eigenvalue weighted by atomic mass is 32.2.